The van der Waals surface area contributed by atoms with Gasteiger partial charge in [-0.1, -0.05) is 6.07 Å². The molecule has 0 aliphatic carbocycles. The zero-order valence-electron chi connectivity index (χ0n) is 15.4. The van der Waals surface area contributed by atoms with Crippen LogP contribution in [0, 0.1) is 6.92 Å². The van der Waals surface area contributed by atoms with Crippen LogP contribution in [0.25, 0.3) is 10.6 Å². The normalized spacial score (nSPS) is 17.2. The highest BCUT2D eigenvalue weighted by molar-refractivity contribution is 7.13. The Morgan fingerprint density at radius 2 is 2.30 bits per heavy atom. The average Bonchev–Trinajstić information content (AvgIpc) is 3.39. The van der Waals surface area contributed by atoms with Crippen molar-refractivity contribution >= 4 is 17.2 Å². The standard InChI is InChI=1S/C20H23N5OS/c1-15-12-17(18-5-3-11-27-18)23-20(22-15)16-4-2-8-25(13-16)19(26)6-9-24-10-7-21-14-24/h3,5,7,10-12,14,16H,2,4,6,8-9,13H2,1H3/t16-/m0/s1. The Bertz CT molecular complexity index is 891. The third-order valence-electron chi connectivity index (χ3n) is 4.93. The van der Waals surface area contributed by atoms with Crippen molar-refractivity contribution in [2.24, 2.45) is 0 Å². The summed E-state index contributed by atoms with van der Waals surface area (Å²) in [6, 6.07) is 6.16. The van der Waals surface area contributed by atoms with Crippen LogP contribution in [0.5, 0.6) is 0 Å². The second-order valence-electron chi connectivity index (χ2n) is 6.96. The minimum Gasteiger partial charge on any atom is -0.342 e. The lowest BCUT2D eigenvalue weighted by Crippen LogP contribution is -2.39. The SMILES string of the molecule is Cc1cc(-c2cccs2)nc([C@H]2CCCN(C(=O)CCn3ccnc3)C2)n1. The third-order valence-corrected chi connectivity index (χ3v) is 5.82. The van der Waals surface area contributed by atoms with Crippen molar-refractivity contribution in [2.45, 2.75) is 38.6 Å². The first kappa shape index (κ1) is 17.9. The van der Waals surface area contributed by atoms with Crippen molar-refractivity contribution in [3.8, 4) is 10.6 Å². The minimum atomic E-state index is 0.194. The summed E-state index contributed by atoms with van der Waals surface area (Å²) in [6.45, 7) is 4.21. The fourth-order valence-electron chi connectivity index (χ4n) is 3.54. The summed E-state index contributed by atoms with van der Waals surface area (Å²) in [5, 5.41) is 2.06. The van der Waals surface area contributed by atoms with Crippen LogP contribution in [0.1, 0.15) is 36.7 Å². The molecule has 27 heavy (non-hydrogen) atoms. The van der Waals surface area contributed by atoms with E-state index in [0.717, 1.165) is 41.5 Å². The van der Waals surface area contributed by atoms with Crippen LogP contribution in [-0.2, 0) is 11.3 Å². The van der Waals surface area contributed by atoms with Gasteiger partial charge in [0.2, 0.25) is 5.91 Å². The molecule has 1 fully saturated rings. The van der Waals surface area contributed by atoms with E-state index in [4.69, 9.17) is 9.97 Å². The van der Waals surface area contributed by atoms with Gasteiger partial charge in [0, 0.05) is 50.1 Å². The number of hydrogen-bond acceptors (Lipinski definition) is 5. The molecule has 0 spiro atoms. The van der Waals surface area contributed by atoms with Crippen LogP contribution < -0.4 is 0 Å². The second kappa shape index (κ2) is 8.00. The highest BCUT2D eigenvalue weighted by Crippen LogP contribution is 2.29. The Labute approximate surface area is 162 Å². The van der Waals surface area contributed by atoms with Crippen molar-refractivity contribution in [2.75, 3.05) is 13.1 Å². The number of aromatic nitrogens is 4. The number of hydrogen-bond donors (Lipinski definition) is 0. The summed E-state index contributed by atoms with van der Waals surface area (Å²) < 4.78 is 1.94. The van der Waals surface area contributed by atoms with Gasteiger partial charge in [-0.2, -0.15) is 0 Å². The number of aryl methyl sites for hydroxylation is 2. The largest absolute Gasteiger partial charge is 0.342 e. The topological polar surface area (TPSA) is 63.9 Å². The Morgan fingerprint density at radius 1 is 1.37 bits per heavy atom. The zero-order valence-corrected chi connectivity index (χ0v) is 16.2. The van der Waals surface area contributed by atoms with E-state index in [1.165, 1.54) is 0 Å². The van der Waals surface area contributed by atoms with Gasteiger partial charge in [-0.15, -0.1) is 11.3 Å². The molecule has 0 N–H and O–H groups in total. The highest BCUT2D eigenvalue weighted by atomic mass is 32.1. The van der Waals surface area contributed by atoms with Crippen molar-refractivity contribution < 1.29 is 4.79 Å². The number of likely N-dealkylation sites (tertiary alicyclic amines) is 1. The summed E-state index contributed by atoms with van der Waals surface area (Å²) in [4.78, 5) is 29.3. The first-order valence-electron chi connectivity index (χ1n) is 9.32. The molecule has 4 heterocycles. The quantitative estimate of drug-likeness (QED) is 0.678. The van der Waals surface area contributed by atoms with Gasteiger partial charge in [-0.05, 0) is 37.3 Å². The van der Waals surface area contributed by atoms with E-state index in [1.807, 2.05) is 34.7 Å². The van der Waals surface area contributed by atoms with Crippen LogP contribution in [0.15, 0.2) is 42.3 Å². The Hall–Kier alpha value is -2.54. The van der Waals surface area contributed by atoms with Crippen LogP contribution in [0.2, 0.25) is 0 Å². The monoisotopic (exact) mass is 381 g/mol. The van der Waals surface area contributed by atoms with E-state index >= 15 is 0 Å². The number of rotatable bonds is 5. The molecule has 0 unspecified atom stereocenters. The maximum absolute atomic E-state index is 12.6. The van der Waals surface area contributed by atoms with Crippen LogP contribution >= 0.6 is 11.3 Å². The number of piperidine rings is 1. The fourth-order valence-corrected chi connectivity index (χ4v) is 4.23. The van der Waals surface area contributed by atoms with Crippen LogP contribution in [0.3, 0.4) is 0 Å². The van der Waals surface area contributed by atoms with Gasteiger partial charge in [0.25, 0.3) is 0 Å². The molecule has 0 radical (unpaired) electrons. The lowest BCUT2D eigenvalue weighted by atomic mass is 9.96. The molecule has 0 bridgehead atoms. The molecule has 1 atom stereocenters. The minimum absolute atomic E-state index is 0.194. The zero-order chi connectivity index (χ0) is 18.6. The molecule has 1 aliphatic rings. The lowest BCUT2D eigenvalue weighted by Gasteiger charge is -2.32. The predicted molar refractivity (Wildman–Crippen MR) is 105 cm³/mol. The van der Waals surface area contributed by atoms with Gasteiger partial charge in [-0.3, -0.25) is 4.79 Å². The smallest absolute Gasteiger partial charge is 0.224 e. The molecule has 3 aromatic heterocycles. The van der Waals surface area contributed by atoms with Crippen molar-refractivity contribution in [1.82, 2.24) is 24.4 Å². The van der Waals surface area contributed by atoms with E-state index in [0.29, 0.717) is 19.5 Å². The third kappa shape index (κ3) is 4.24. The van der Waals surface area contributed by atoms with E-state index in [-0.39, 0.29) is 11.8 Å². The Morgan fingerprint density at radius 3 is 3.07 bits per heavy atom. The van der Waals surface area contributed by atoms with Gasteiger partial charge in [-0.25, -0.2) is 15.0 Å². The first-order chi connectivity index (χ1) is 13.2. The number of carbonyl (C=O) groups is 1. The maximum atomic E-state index is 12.6. The predicted octanol–water partition coefficient (Wildman–Crippen LogP) is 3.51. The molecule has 1 amide bonds. The van der Waals surface area contributed by atoms with Gasteiger partial charge >= 0.3 is 0 Å². The molecule has 0 aromatic carbocycles. The fraction of sp³-hybridized carbons (Fsp3) is 0.400. The van der Waals surface area contributed by atoms with E-state index in [9.17, 15) is 4.79 Å². The Balaban J connectivity index is 1.45. The Kier molecular flexibility index (Phi) is 5.29. The van der Waals surface area contributed by atoms with E-state index in [1.54, 1.807) is 23.9 Å². The van der Waals surface area contributed by atoms with Gasteiger partial charge in [0.15, 0.2) is 0 Å². The molecule has 0 saturated carbocycles. The number of nitrogens with zero attached hydrogens (tertiary/aromatic N) is 5. The molecular weight excluding hydrogens is 358 g/mol. The van der Waals surface area contributed by atoms with Crippen molar-refractivity contribution in [1.29, 1.82) is 0 Å². The summed E-state index contributed by atoms with van der Waals surface area (Å²) >= 11 is 1.69. The van der Waals surface area contributed by atoms with Gasteiger partial charge in [0.1, 0.15) is 5.82 Å². The molecule has 6 nitrogen and oxygen atoms in total. The molecule has 7 heteroatoms. The first-order valence-corrected chi connectivity index (χ1v) is 10.2. The molecule has 1 aliphatic heterocycles. The maximum Gasteiger partial charge on any atom is 0.224 e. The summed E-state index contributed by atoms with van der Waals surface area (Å²) in [7, 11) is 0. The summed E-state index contributed by atoms with van der Waals surface area (Å²) in [5.41, 5.74) is 1.96. The molecular formula is C20H23N5OS. The second-order valence-corrected chi connectivity index (χ2v) is 7.91. The molecule has 1 saturated heterocycles. The van der Waals surface area contributed by atoms with Gasteiger partial charge in [0.05, 0.1) is 16.9 Å². The van der Waals surface area contributed by atoms with E-state index < -0.39 is 0 Å². The lowest BCUT2D eigenvalue weighted by molar-refractivity contribution is -0.132. The van der Waals surface area contributed by atoms with Gasteiger partial charge < -0.3 is 9.47 Å². The average molecular weight is 382 g/mol. The number of thiophene rings is 1. The molecule has 140 valence electrons. The summed E-state index contributed by atoms with van der Waals surface area (Å²) in [5.74, 6) is 1.26. The van der Waals surface area contributed by atoms with E-state index in [2.05, 4.69) is 16.4 Å². The van der Waals surface area contributed by atoms with Crippen molar-refractivity contribution in [3.63, 3.8) is 0 Å². The van der Waals surface area contributed by atoms with Crippen LogP contribution in [0.4, 0.5) is 0 Å². The highest BCUT2D eigenvalue weighted by Gasteiger charge is 2.27. The number of imidazole rings is 1. The summed E-state index contributed by atoms with van der Waals surface area (Å²) in [6.07, 6.45) is 7.89. The van der Waals surface area contributed by atoms with Crippen molar-refractivity contribution in [3.05, 3.63) is 53.8 Å². The molecule has 4 rings (SSSR count). The van der Waals surface area contributed by atoms with Crippen LogP contribution in [-0.4, -0.2) is 43.4 Å². The number of carbonyl (C=O) groups excluding carboxylic acids is 1. The molecule has 3 aromatic rings. The number of amides is 1.